The zero-order valence-corrected chi connectivity index (χ0v) is 12.6. The minimum Gasteiger partial charge on any atom is -0.493 e. The van der Waals surface area contributed by atoms with Gasteiger partial charge in [0.1, 0.15) is 0 Å². The summed E-state index contributed by atoms with van der Waals surface area (Å²) in [6.45, 7) is 4.07. The summed E-state index contributed by atoms with van der Waals surface area (Å²) in [5, 5.41) is 0. The van der Waals surface area contributed by atoms with E-state index in [1.807, 2.05) is 0 Å². The monoisotopic (exact) mass is 292 g/mol. The highest BCUT2D eigenvalue weighted by Gasteiger charge is 2.11. The van der Waals surface area contributed by atoms with E-state index in [1.165, 1.54) is 32.4 Å². The molecule has 1 aliphatic heterocycles. The molecule has 1 saturated heterocycles. The van der Waals surface area contributed by atoms with Crippen LogP contribution in [0.15, 0.2) is 12.1 Å². The number of benzene rings is 1. The fourth-order valence-corrected chi connectivity index (χ4v) is 2.62. The van der Waals surface area contributed by atoms with Crippen LogP contribution in [-0.2, 0) is 0 Å². The van der Waals surface area contributed by atoms with Crippen molar-refractivity contribution in [2.45, 2.75) is 25.7 Å². The molecule has 5 heteroatoms. The van der Waals surface area contributed by atoms with Gasteiger partial charge < -0.3 is 20.1 Å². The zero-order valence-electron chi connectivity index (χ0n) is 12.6. The summed E-state index contributed by atoms with van der Waals surface area (Å²) in [5.74, 6) is 1.14. The van der Waals surface area contributed by atoms with E-state index >= 15 is 0 Å². The van der Waals surface area contributed by atoms with Crippen molar-refractivity contribution < 1.29 is 14.3 Å². The third-order valence-corrected chi connectivity index (χ3v) is 3.82. The van der Waals surface area contributed by atoms with Crippen LogP contribution in [0.3, 0.4) is 0 Å². The van der Waals surface area contributed by atoms with Crippen molar-refractivity contribution in [1.82, 2.24) is 4.90 Å². The van der Waals surface area contributed by atoms with Crippen LogP contribution in [0, 0.1) is 0 Å². The highest BCUT2D eigenvalue weighted by molar-refractivity contribution is 5.85. The molecule has 0 saturated carbocycles. The second-order valence-electron chi connectivity index (χ2n) is 5.35. The van der Waals surface area contributed by atoms with E-state index in [4.69, 9.17) is 15.2 Å². The van der Waals surface area contributed by atoms with E-state index in [0.717, 1.165) is 19.3 Å². The second-order valence-corrected chi connectivity index (χ2v) is 5.35. The van der Waals surface area contributed by atoms with Crippen LogP contribution in [0.5, 0.6) is 11.5 Å². The van der Waals surface area contributed by atoms with Gasteiger partial charge in [0.05, 0.1) is 13.7 Å². The average molecular weight is 292 g/mol. The minimum atomic E-state index is 0.414. The number of piperidine rings is 1. The third kappa shape index (κ3) is 4.36. The quantitative estimate of drug-likeness (QED) is 0.475. The number of ether oxygens (including phenoxy) is 2. The number of methoxy groups -OCH3 is 1. The highest BCUT2D eigenvalue weighted by Crippen LogP contribution is 2.31. The largest absolute Gasteiger partial charge is 0.493 e. The molecule has 0 bridgehead atoms. The number of likely N-dealkylation sites (tertiary alicyclic amines) is 1. The molecule has 5 nitrogen and oxygen atoms in total. The maximum atomic E-state index is 10.9. The summed E-state index contributed by atoms with van der Waals surface area (Å²) in [6.07, 6.45) is 5.65. The molecule has 0 spiro atoms. The molecule has 1 aliphatic rings. The zero-order chi connectivity index (χ0) is 15.1. The van der Waals surface area contributed by atoms with Gasteiger partial charge >= 0.3 is 0 Å². The van der Waals surface area contributed by atoms with Crippen LogP contribution < -0.4 is 15.2 Å². The van der Waals surface area contributed by atoms with E-state index in [1.54, 1.807) is 19.2 Å². The Bertz CT molecular complexity index is 471. The Balaban J connectivity index is 1.84. The molecule has 1 aromatic rings. The number of nitrogen functional groups attached to an aromatic ring is 1. The summed E-state index contributed by atoms with van der Waals surface area (Å²) in [5.41, 5.74) is 6.64. The lowest BCUT2D eigenvalue weighted by molar-refractivity contribution is 0.112. The standard InChI is InChI=1S/C16H24N2O3/c1-20-15-10-13(12-19)14(17)11-16(15)21-9-5-8-18-6-3-2-4-7-18/h10-12H,2-9,17H2,1H3. The smallest absolute Gasteiger partial charge is 0.163 e. The summed E-state index contributed by atoms with van der Waals surface area (Å²) >= 11 is 0. The average Bonchev–Trinajstić information content (AvgIpc) is 2.52. The molecule has 1 heterocycles. The Morgan fingerprint density at radius 2 is 2.00 bits per heavy atom. The van der Waals surface area contributed by atoms with Gasteiger partial charge in [-0.1, -0.05) is 6.42 Å². The Labute approximate surface area is 126 Å². The van der Waals surface area contributed by atoms with Crippen LogP contribution in [0.1, 0.15) is 36.0 Å². The molecule has 2 rings (SSSR count). The number of carbonyl (C=O) groups excluding carboxylic acids is 1. The van der Waals surface area contributed by atoms with Crippen molar-refractivity contribution in [3.63, 3.8) is 0 Å². The molecule has 2 N–H and O–H groups in total. The van der Waals surface area contributed by atoms with Gasteiger partial charge in [-0.15, -0.1) is 0 Å². The first-order chi connectivity index (χ1) is 10.2. The van der Waals surface area contributed by atoms with Crippen molar-refractivity contribution in [2.24, 2.45) is 0 Å². The first-order valence-corrected chi connectivity index (χ1v) is 7.52. The summed E-state index contributed by atoms with van der Waals surface area (Å²) in [7, 11) is 1.56. The summed E-state index contributed by atoms with van der Waals surface area (Å²) in [4.78, 5) is 13.3. The van der Waals surface area contributed by atoms with Gasteiger partial charge in [0.15, 0.2) is 17.8 Å². The predicted octanol–water partition coefficient (Wildman–Crippen LogP) is 2.34. The van der Waals surface area contributed by atoms with Crippen molar-refractivity contribution >= 4 is 12.0 Å². The molecule has 116 valence electrons. The second kappa shape index (κ2) is 7.88. The van der Waals surface area contributed by atoms with Gasteiger partial charge in [0, 0.05) is 23.9 Å². The normalized spacial score (nSPS) is 15.7. The predicted molar refractivity (Wildman–Crippen MR) is 83.2 cm³/mol. The molecule has 0 radical (unpaired) electrons. The fraction of sp³-hybridized carbons (Fsp3) is 0.562. The number of rotatable bonds is 7. The molecule has 0 aliphatic carbocycles. The molecule has 1 fully saturated rings. The van der Waals surface area contributed by atoms with E-state index in [-0.39, 0.29) is 0 Å². The Hall–Kier alpha value is -1.75. The lowest BCUT2D eigenvalue weighted by Gasteiger charge is -2.26. The molecule has 21 heavy (non-hydrogen) atoms. The topological polar surface area (TPSA) is 64.8 Å². The van der Waals surface area contributed by atoms with E-state index in [0.29, 0.717) is 29.4 Å². The molecule has 0 aromatic heterocycles. The third-order valence-electron chi connectivity index (χ3n) is 3.82. The first-order valence-electron chi connectivity index (χ1n) is 7.52. The van der Waals surface area contributed by atoms with Crippen molar-refractivity contribution in [3.8, 4) is 11.5 Å². The molecule has 0 unspecified atom stereocenters. The van der Waals surface area contributed by atoms with Gasteiger partial charge in [-0.05, 0) is 38.4 Å². The van der Waals surface area contributed by atoms with E-state index < -0.39 is 0 Å². The van der Waals surface area contributed by atoms with Crippen LogP contribution in [-0.4, -0.2) is 44.5 Å². The lowest BCUT2D eigenvalue weighted by Crippen LogP contribution is -2.31. The number of hydrogen-bond acceptors (Lipinski definition) is 5. The number of anilines is 1. The number of nitrogens with two attached hydrogens (primary N) is 1. The molecule has 0 amide bonds. The SMILES string of the molecule is COc1cc(C=O)c(N)cc1OCCCN1CCCCC1. The maximum absolute atomic E-state index is 10.9. The van der Waals surface area contributed by atoms with Crippen LogP contribution in [0.25, 0.3) is 0 Å². The minimum absolute atomic E-state index is 0.414. The van der Waals surface area contributed by atoms with Gasteiger partial charge in [-0.25, -0.2) is 0 Å². The van der Waals surface area contributed by atoms with Crippen molar-refractivity contribution in [1.29, 1.82) is 0 Å². The van der Waals surface area contributed by atoms with Crippen LogP contribution in [0.2, 0.25) is 0 Å². The van der Waals surface area contributed by atoms with Gasteiger partial charge in [0.25, 0.3) is 0 Å². The Morgan fingerprint density at radius 3 is 2.67 bits per heavy atom. The Kier molecular flexibility index (Phi) is 5.87. The van der Waals surface area contributed by atoms with Crippen LogP contribution in [0.4, 0.5) is 5.69 Å². The number of hydrogen-bond donors (Lipinski definition) is 1. The number of carbonyl (C=O) groups is 1. The van der Waals surface area contributed by atoms with Gasteiger partial charge in [-0.3, -0.25) is 4.79 Å². The van der Waals surface area contributed by atoms with E-state index in [9.17, 15) is 4.79 Å². The van der Waals surface area contributed by atoms with Crippen LogP contribution >= 0.6 is 0 Å². The number of nitrogens with zero attached hydrogens (tertiary/aromatic N) is 1. The molecule has 0 atom stereocenters. The highest BCUT2D eigenvalue weighted by atomic mass is 16.5. The molecular weight excluding hydrogens is 268 g/mol. The lowest BCUT2D eigenvalue weighted by atomic mass is 10.1. The fourth-order valence-electron chi connectivity index (χ4n) is 2.62. The number of aldehydes is 1. The van der Waals surface area contributed by atoms with Gasteiger partial charge in [-0.2, -0.15) is 0 Å². The summed E-state index contributed by atoms with van der Waals surface area (Å²) < 4.78 is 11.0. The molecule has 1 aromatic carbocycles. The summed E-state index contributed by atoms with van der Waals surface area (Å²) in [6, 6.07) is 3.27. The first kappa shape index (κ1) is 15.6. The van der Waals surface area contributed by atoms with Crippen molar-refractivity contribution in [3.05, 3.63) is 17.7 Å². The Morgan fingerprint density at radius 1 is 1.24 bits per heavy atom. The molecular formula is C16H24N2O3. The maximum Gasteiger partial charge on any atom is 0.163 e. The van der Waals surface area contributed by atoms with E-state index in [2.05, 4.69) is 4.90 Å². The van der Waals surface area contributed by atoms with Crippen molar-refractivity contribution in [2.75, 3.05) is 39.1 Å². The van der Waals surface area contributed by atoms with Gasteiger partial charge in [0.2, 0.25) is 0 Å².